The van der Waals surface area contributed by atoms with Gasteiger partial charge in [0.15, 0.2) is 0 Å². The molecule has 1 aromatic carbocycles. The lowest BCUT2D eigenvalue weighted by molar-refractivity contribution is 0.0650. The summed E-state index contributed by atoms with van der Waals surface area (Å²) in [4.78, 5) is 14.3. The van der Waals surface area contributed by atoms with E-state index in [1.54, 1.807) is 4.90 Å². The molecule has 1 fully saturated rings. The van der Waals surface area contributed by atoms with Crippen molar-refractivity contribution in [3.8, 4) is 0 Å². The lowest BCUT2D eigenvalue weighted by atomic mass is 9.93. The van der Waals surface area contributed by atoms with Crippen molar-refractivity contribution in [2.24, 2.45) is 0 Å². The second kappa shape index (κ2) is 7.16. The van der Waals surface area contributed by atoms with Crippen LogP contribution in [-0.2, 0) is 0 Å². The number of nitrogens with zero attached hydrogens (tertiary/aromatic N) is 1. The van der Waals surface area contributed by atoms with Gasteiger partial charge in [0.1, 0.15) is 11.6 Å². The van der Waals surface area contributed by atoms with Crippen LogP contribution in [0, 0.1) is 11.6 Å². The molecule has 5 heteroatoms. The molecule has 0 aromatic heterocycles. The zero-order chi connectivity index (χ0) is 14.5. The third kappa shape index (κ3) is 3.78. The number of hydrogen-bond acceptors (Lipinski definition) is 1. The minimum Gasteiger partial charge on any atom is -0.335 e. The Morgan fingerprint density at radius 2 is 1.75 bits per heavy atom. The fourth-order valence-electron chi connectivity index (χ4n) is 2.78. The van der Waals surface area contributed by atoms with Crippen molar-refractivity contribution in [1.82, 2.24) is 4.90 Å². The predicted octanol–water partition coefficient (Wildman–Crippen LogP) is 4.13. The third-order valence-electron chi connectivity index (χ3n) is 3.71. The number of halogens is 3. The summed E-state index contributed by atoms with van der Waals surface area (Å²) in [5.41, 5.74) is 0.0917. The van der Waals surface area contributed by atoms with Crippen LogP contribution in [0.2, 0.25) is 0 Å². The van der Waals surface area contributed by atoms with Crippen LogP contribution in [0.4, 0.5) is 8.78 Å². The molecule has 0 bridgehead atoms. The number of carbonyl (C=O) groups excluding carboxylic acids is 1. The van der Waals surface area contributed by atoms with Crippen LogP contribution in [-0.4, -0.2) is 28.7 Å². The summed E-state index contributed by atoms with van der Waals surface area (Å²) in [7, 11) is 0. The molecule has 1 aliphatic rings. The van der Waals surface area contributed by atoms with Gasteiger partial charge in [-0.2, -0.15) is 0 Å². The highest BCUT2D eigenvalue weighted by Crippen LogP contribution is 2.24. The highest BCUT2D eigenvalue weighted by atomic mass is 79.9. The first kappa shape index (κ1) is 15.4. The minimum atomic E-state index is -0.712. The molecule has 0 aliphatic heterocycles. The summed E-state index contributed by atoms with van der Waals surface area (Å²) in [6.07, 6.45) is 5.34. The monoisotopic (exact) mass is 345 g/mol. The van der Waals surface area contributed by atoms with Crippen LogP contribution in [0.25, 0.3) is 0 Å². The van der Waals surface area contributed by atoms with Crippen LogP contribution >= 0.6 is 15.9 Å². The first-order valence-corrected chi connectivity index (χ1v) is 8.07. The molecule has 2 rings (SSSR count). The van der Waals surface area contributed by atoms with Crippen molar-refractivity contribution < 1.29 is 13.6 Å². The fraction of sp³-hybridized carbons (Fsp3) is 0.533. The van der Waals surface area contributed by atoms with E-state index in [-0.39, 0.29) is 17.5 Å². The van der Waals surface area contributed by atoms with Crippen LogP contribution in [0.5, 0.6) is 0 Å². The number of alkyl halides is 1. The van der Waals surface area contributed by atoms with E-state index in [1.807, 2.05) is 0 Å². The lowest BCUT2D eigenvalue weighted by Crippen LogP contribution is -2.42. The first-order valence-electron chi connectivity index (χ1n) is 6.95. The number of amides is 1. The van der Waals surface area contributed by atoms with Gasteiger partial charge in [0, 0.05) is 29.5 Å². The van der Waals surface area contributed by atoms with Crippen LogP contribution in [0.1, 0.15) is 42.5 Å². The maximum atomic E-state index is 13.3. The molecule has 2 nitrogen and oxygen atoms in total. The Kier molecular flexibility index (Phi) is 5.52. The van der Waals surface area contributed by atoms with Crippen LogP contribution < -0.4 is 0 Å². The van der Waals surface area contributed by atoms with Gasteiger partial charge in [0.2, 0.25) is 0 Å². The number of hydrogen-bond donors (Lipinski definition) is 0. The molecule has 1 amide bonds. The maximum absolute atomic E-state index is 13.3. The van der Waals surface area contributed by atoms with Gasteiger partial charge >= 0.3 is 0 Å². The van der Waals surface area contributed by atoms with Gasteiger partial charge in [0.25, 0.3) is 5.91 Å². The van der Waals surface area contributed by atoms with Crippen molar-refractivity contribution in [3.63, 3.8) is 0 Å². The molecule has 20 heavy (non-hydrogen) atoms. The summed E-state index contributed by atoms with van der Waals surface area (Å²) < 4.78 is 26.5. The Morgan fingerprint density at radius 3 is 2.30 bits per heavy atom. The van der Waals surface area contributed by atoms with Crippen LogP contribution in [0.3, 0.4) is 0 Å². The zero-order valence-electron chi connectivity index (χ0n) is 11.2. The molecule has 0 N–H and O–H groups in total. The van der Waals surface area contributed by atoms with Gasteiger partial charge in [0.05, 0.1) is 0 Å². The summed E-state index contributed by atoms with van der Waals surface area (Å²) in [6.45, 7) is 0.557. The van der Waals surface area contributed by atoms with Gasteiger partial charge in [-0.05, 0) is 25.0 Å². The molecule has 0 atom stereocenters. The molecular formula is C15H18BrF2NO. The second-order valence-corrected chi connectivity index (χ2v) is 5.93. The topological polar surface area (TPSA) is 20.3 Å². The average molecular weight is 346 g/mol. The molecule has 0 saturated heterocycles. The molecular weight excluding hydrogens is 328 g/mol. The van der Waals surface area contributed by atoms with Crippen molar-refractivity contribution in [2.45, 2.75) is 38.1 Å². The van der Waals surface area contributed by atoms with E-state index in [9.17, 15) is 13.6 Å². The lowest BCUT2D eigenvalue weighted by Gasteiger charge is -2.34. The Hall–Kier alpha value is -0.970. The van der Waals surface area contributed by atoms with Crippen molar-refractivity contribution in [1.29, 1.82) is 0 Å². The van der Waals surface area contributed by atoms with E-state index in [0.29, 0.717) is 11.9 Å². The fourth-order valence-corrected chi connectivity index (χ4v) is 3.16. The molecule has 110 valence electrons. The molecule has 1 aromatic rings. The van der Waals surface area contributed by atoms with Crippen molar-refractivity contribution in [3.05, 3.63) is 35.4 Å². The molecule has 1 aliphatic carbocycles. The van der Waals surface area contributed by atoms with E-state index in [2.05, 4.69) is 15.9 Å². The van der Waals surface area contributed by atoms with E-state index in [0.717, 1.165) is 43.9 Å². The van der Waals surface area contributed by atoms with Gasteiger partial charge in [-0.15, -0.1) is 0 Å². The Labute approximate surface area is 126 Å². The smallest absolute Gasteiger partial charge is 0.254 e. The molecule has 0 spiro atoms. The highest BCUT2D eigenvalue weighted by molar-refractivity contribution is 9.09. The molecule has 0 heterocycles. The summed E-state index contributed by atoms with van der Waals surface area (Å²) >= 11 is 3.34. The van der Waals surface area contributed by atoms with Gasteiger partial charge in [-0.1, -0.05) is 35.2 Å². The minimum absolute atomic E-state index is 0.0917. The third-order valence-corrected chi connectivity index (χ3v) is 4.07. The quantitative estimate of drug-likeness (QED) is 0.751. The highest BCUT2D eigenvalue weighted by Gasteiger charge is 2.26. The van der Waals surface area contributed by atoms with Crippen molar-refractivity contribution >= 4 is 21.8 Å². The Balaban J connectivity index is 2.20. The average Bonchev–Trinajstić information content (AvgIpc) is 2.44. The Bertz CT molecular complexity index is 455. The normalized spacial score (nSPS) is 16.1. The standard InChI is InChI=1S/C15H18BrF2NO/c16-6-7-19(14-4-2-1-3-5-14)15(20)11-8-12(17)10-13(18)9-11/h8-10,14H,1-7H2. The second-order valence-electron chi connectivity index (χ2n) is 5.14. The number of benzene rings is 1. The van der Waals surface area contributed by atoms with E-state index in [1.165, 1.54) is 6.42 Å². The largest absolute Gasteiger partial charge is 0.335 e. The summed E-state index contributed by atoms with van der Waals surface area (Å²) in [6, 6.07) is 3.18. The van der Waals surface area contributed by atoms with E-state index < -0.39 is 11.6 Å². The molecule has 0 unspecified atom stereocenters. The van der Waals surface area contributed by atoms with E-state index >= 15 is 0 Å². The first-order chi connectivity index (χ1) is 9.61. The summed E-state index contributed by atoms with van der Waals surface area (Å²) in [5.74, 6) is -1.71. The van der Waals surface area contributed by atoms with Gasteiger partial charge < -0.3 is 4.90 Å². The van der Waals surface area contributed by atoms with E-state index in [4.69, 9.17) is 0 Å². The molecule has 0 radical (unpaired) electrons. The SMILES string of the molecule is O=C(c1cc(F)cc(F)c1)N(CCBr)C1CCCCC1. The number of carbonyl (C=O) groups is 1. The van der Waals surface area contributed by atoms with Crippen LogP contribution in [0.15, 0.2) is 18.2 Å². The maximum Gasteiger partial charge on any atom is 0.254 e. The zero-order valence-corrected chi connectivity index (χ0v) is 12.8. The Morgan fingerprint density at radius 1 is 1.15 bits per heavy atom. The van der Waals surface area contributed by atoms with Crippen molar-refractivity contribution in [2.75, 3.05) is 11.9 Å². The van der Waals surface area contributed by atoms with Gasteiger partial charge in [-0.3, -0.25) is 4.79 Å². The van der Waals surface area contributed by atoms with Gasteiger partial charge in [-0.25, -0.2) is 8.78 Å². The molecule has 1 saturated carbocycles. The predicted molar refractivity (Wildman–Crippen MR) is 78.1 cm³/mol. The summed E-state index contributed by atoms with van der Waals surface area (Å²) in [5, 5.41) is 0.660. The number of rotatable bonds is 4.